The molecule has 0 saturated heterocycles. The molecule has 1 amide bonds. The molecule has 0 aromatic heterocycles. The minimum Gasteiger partial charge on any atom is -0.490 e. The molecule has 0 spiro atoms. The summed E-state index contributed by atoms with van der Waals surface area (Å²) >= 11 is 0. The normalized spacial score (nSPS) is 15.7. The van der Waals surface area contributed by atoms with Gasteiger partial charge in [-0.1, -0.05) is 0 Å². The van der Waals surface area contributed by atoms with Gasteiger partial charge in [-0.15, -0.1) is 0 Å². The summed E-state index contributed by atoms with van der Waals surface area (Å²) in [4.78, 5) is 12.8. The van der Waals surface area contributed by atoms with Crippen LogP contribution in [0.4, 0.5) is 4.39 Å². The Morgan fingerprint density at radius 3 is 2.25 bits per heavy atom. The van der Waals surface area contributed by atoms with E-state index < -0.39 is 21.6 Å². The summed E-state index contributed by atoms with van der Waals surface area (Å²) in [6, 6.07) is 6.44. The lowest BCUT2D eigenvalue weighted by atomic mass is 10.1. The zero-order valence-corrected chi connectivity index (χ0v) is 18.9. The molecule has 0 saturated carbocycles. The molecule has 172 valence electrons. The van der Waals surface area contributed by atoms with E-state index in [4.69, 9.17) is 14.2 Å². The largest absolute Gasteiger partial charge is 0.490 e. The molecule has 1 aliphatic heterocycles. The van der Waals surface area contributed by atoms with Crippen LogP contribution in [0.3, 0.4) is 0 Å². The summed E-state index contributed by atoms with van der Waals surface area (Å²) in [6.07, 6.45) is 0.0523. The number of rotatable bonds is 8. The van der Waals surface area contributed by atoms with Gasteiger partial charge in [-0.3, -0.25) is 4.79 Å². The van der Waals surface area contributed by atoms with Gasteiger partial charge in [0.1, 0.15) is 5.82 Å². The van der Waals surface area contributed by atoms with E-state index in [1.807, 2.05) is 20.8 Å². The Morgan fingerprint density at radius 1 is 1.03 bits per heavy atom. The number of carbonyl (C=O) groups is 1. The minimum absolute atomic E-state index is 0.00326. The summed E-state index contributed by atoms with van der Waals surface area (Å²) in [6.45, 7) is 6.54. The molecule has 1 N–H and O–H groups in total. The second-order valence-corrected chi connectivity index (χ2v) is 8.89. The molecule has 1 heterocycles. The van der Waals surface area contributed by atoms with E-state index in [1.165, 1.54) is 18.2 Å². The van der Waals surface area contributed by atoms with Crippen molar-refractivity contribution in [2.24, 2.45) is 5.10 Å². The topological polar surface area (TPSA) is 103 Å². The molecule has 2 aromatic carbocycles. The number of nitrogens with one attached hydrogen (secondary N) is 1. The highest BCUT2D eigenvalue weighted by Gasteiger charge is 2.28. The van der Waals surface area contributed by atoms with Crippen LogP contribution >= 0.6 is 0 Å². The lowest BCUT2D eigenvalue weighted by Gasteiger charge is -2.18. The van der Waals surface area contributed by atoms with Gasteiger partial charge in [0.05, 0.1) is 36.2 Å². The number of hydrogen-bond acceptors (Lipinski definition) is 7. The summed E-state index contributed by atoms with van der Waals surface area (Å²) in [5.41, 5.74) is 3.07. The van der Waals surface area contributed by atoms with E-state index in [1.54, 1.807) is 0 Å². The molecule has 3 rings (SSSR count). The molecule has 0 fully saturated rings. The summed E-state index contributed by atoms with van der Waals surface area (Å²) in [5.74, 6) is -0.209. The Morgan fingerprint density at radius 2 is 1.66 bits per heavy atom. The fourth-order valence-corrected chi connectivity index (χ4v) is 4.76. The number of ether oxygens (including phenoxy) is 3. The van der Waals surface area contributed by atoms with Crippen molar-refractivity contribution in [2.45, 2.75) is 32.1 Å². The number of amides is 1. The number of hydrogen-bond donors (Lipinski definition) is 1. The molecule has 32 heavy (non-hydrogen) atoms. The Labute approximate surface area is 186 Å². The first-order valence-corrected chi connectivity index (χ1v) is 11.9. The molecular formula is C22H25FN2O6S. The van der Waals surface area contributed by atoms with E-state index in [0.29, 0.717) is 37.1 Å². The maximum absolute atomic E-state index is 13.7. The highest BCUT2D eigenvalue weighted by Crippen LogP contribution is 2.39. The molecule has 1 aliphatic rings. The Kier molecular flexibility index (Phi) is 7.34. The van der Waals surface area contributed by atoms with E-state index in [0.717, 1.165) is 12.1 Å². The molecule has 8 nitrogen and oxygen atoms in total. The quantitative estimate of drug-likeness (QED) is 0.475. The SMILES string of the molecule is CCOc1cc(C(=O)N/N=C2/CCS(=O)(=O)c3ccc(F)cc32)cc(OCC)c1OCC. The highest BCUT2D eigenvalue weighted by atomic mass is 32.2. The summed E-state index contributed by atoms with van der Waals surface area (Å²) in [7, 11) is -3.52. The number of hydrazone groups is 1. The molecule has 0 unspecified atom stereocenters. The number of benzene rings is 2. The van der Waals surface area contributed by atoms with Crippen molar-refractivity contribution in [3.8, 4) is 17.2 Å². The van der Waals surface area contributed by atoms with Crippen molar-refractivity contribution < 1.29 is 31.8 Å². The van der Waals surface area contributed by atoms with Gasteiger partial charge in [-0.2, -0.15) is 5.10 Å². The lowest BCUT2D eigenvalue weighted by Crippen LogP contribution is -2.26. The van der Waals surface area contributed by atoms with E-state index in [-0.39, 0.29) is 33.9 Å². The molecule has 0 aliphatic carbocycles. The second kappa shape index (κ2) is 9.99. The van der Waals surface area contributed by atoms with Gasteiger partial charge in [-0.25, -0.2) is 18.2 Å². The third-order valence-corrected chi connectivity index (χ3v) is 6.43. The smallest absolute Gasteiger partial charge is 0.271 e. The van der Waals surface area contributed by atoms with Gasteiger partial charge >= 0.3 is 0 Å². The average molecular weight is 465 g/mol. The number of halogens is 1. The first-order valence-electron chi connectivity index (χ1n) is 10.3. The Balaban J connectivity index is 1.94. The van der Waals surface area contributed by atoms with Crippen LogP contribution in [0.15, 0.2) is 40.3 Å². The molecular weight excluding hydrogens is 439 g/mol. The van der Waals surface area contributed by atoms with Crippen molar-refractivity contribution in [3.63, 3.8) is 0 Å². The van der Waals surface area contributed by atoms with Crippen LogP contribution in [0.1, 0.15) is 43.1 Å². The lowest BCUT2D eigenvalue weighted by molar-refractivity contribution is 0.0953. The minimum atomic E-state index is -3.52. The van der Waals surface area contributed by atoms with Crippen molar-refractivity contribution >= 4 is 21.5 Å². The number of sulfone groups is 1. The van der Waals surface area contributed by atoms with Crippen LogP contribution in [0.5, 0.6) is 17.2 Å². The maximum atomic E-state index is 13.7. The van der Waals surface area contributed by atoms with Crippen LogP contribution < -0.4 is 19.6 Å². The Bertz CT molecular complexity index is 1120. The van der Waals surface area contributed by atoms with Gasteiger partial charge in [0.25, 0.3) is 5.91 Å². The van der Waals surface area contributed by atoms with Crippen molar-refractivity contribution in [3.05, 3.63) is 47.3 Å². The maximum Gasteiger partial charge on any atom is 0.271 e. The molecule has 0 radical (unpaired) electrons. The fraction of sp³-hybridized carbons (Fsp3) is 0.364. The molecule has 10 heteroatoms. The third-order valence-electron chi connectivity index (χ3n) is 4.66. The highest BCUT2D eigenvalue weighted by molar-refractivity contribution is 7.91. The first-order chi connectivity index (χ1) is 15.3. The van der Waals surface area contributed by atoms with Crippen LogP contribution in [0.2, 0.25) is 0 Å². The van der Waals surface area contributed by atoms with Crippen molar-refractivity contribution in [1.29, 1.82) is 0 Å². The van der Waals surface area contributed by atoms with Gasteiger partial charge in [0, 0.05) is 17.5 Å². The number of fused-ring (bicyclic) bond motifs is 1. The zero-order chi connectivity index (χ0) is 23.3. The van der Waals surface area contributed by atoms with Crippen LogP contribution in [0, 0.1) is 5.82 Å². The summed E-state index contributed by atoms with van der Waals surface area (Å²) in [5, 5.41) is 4.09. The van der Waals surface area contributed by atoms with Crippen LogP contribution in [-0.2, 0) is 9.84 Å². The van der Waals surface area contributed by atoms with E-state index in [9.17, 15) is 17.6 Å². The molecule has 2 aromatic rings. The third kappa shape index (κ3) is 5.01. The average Bonchev–Trinajstić information content (AvgIpc) is 2.75. The van der Waals surface area contributed by atoms with Gasteiger partial charge < -0.3 is 14.2 Å². The van der Waals surface area contributed by atoms with Crippen LogP contribution in [-0.4, -0.2) is 45.6 Å². The predicted molar refractivity (Wildman–Crippen MR) is 117 cm³/mol. The molecule has 0 bridgehead atoms. The second-order valence-electron chi connectivity index (χ2n) is 6.81. The number of carbonyl (C=O) groups excluding carboxylic acids is 1. The van der Waals surface area contributed by atoms with E-state index >= 15 is 0 Å². The van der Waals surface area contributed by atoms with Gasteiger partial charge in [-0.05, 0) is 51.1 Å². The fourth-order valence-electron chi connectivity index (χ4n) is 3.29. The Hall–Kier alpha value is -3.14. The van der Waals surface area contributed by atoms with Gasteiger partial charge in [0.15, 0.2) is 21.3 Å². The van der Waals surface area contributed by atoms with Crippen molar-refractivity contribution in [2.75, 3.05) is 25.6 Å². The zero-order valence-electron chi connectivity index (χ0n) is 18.1. The monoisotopic (exact) mass is 464 g/mol. The van der Waals surface area contributed by atoms with Crippen LogP contribution in [0.25, 0.3) is 0 Å². The first kappa shape index (κ1) is 23.5. The molecule has 0 atom stereocenters. The summed E-state index contributed by atoms with van der Waals surface area (Å²) < 4.78 is 55.1. The standard InChI is InChI=1S/C22H25FN2O6S/c1-4-29-18-11-14(12-19(30-5-2)21(18)31-6-3)22(26)25-24-17-9-10-32(27,28)20-8-7-15(23)13-16(17)20/h7-8,11-13H,4-6,9-10H2,1-3H3,(H,25,26)/b24-17-. The number of nitrogens with zero attached hydrogens (tertiary/aromatic N) is 1. The van der Waals surface area contributed by atoms with E-state index in [2.05, 4.69) is 10.5 Å². The van der Waals surface area contributed by atoms with Crippen molar-refractivity contribution in [1.82, 2.24) is 5.43 Å². The van der Waals surface area contributed by atoms with Gasteiger partial charge in [0.2, 0.25) is 5.75 Å². The predicted octanol–water partition coefficient (Wildman–Crippen LogP) is 3.33.